The van der Waals surface area contributed by atoms with Gasteiger partial charge >= 0.3 is 7.75 Å². The van der Waals surface area contributed by atoms with Crippen molar-refractivity contribution in [3.63, 3.8) is 0 Å². The van der Waals surface area contributed by atoms with E-state index in [1.54, 1.807) is 35.3 Å². The number of fused-ring (bicyclic) bond motifs is 1. The molecule has 0 saturated carbocycles. The fourth-order valence-electron chi connectivity index (χ4n) is 3.61. The Morgan fingerprint density at radius 1 is 1.34 bits per heavy atom. The van der Waals surface area contributed by atoms with E-state index in [2.05, 4.69) is 60.4 Å². The lowest BCUT2D eigenvalue weighted by atomic mass is 10.1. The van der Waals surface area contributed by atoms with E-state index in [4.69, 9.17) is 13.7 Å². The molecular formula is C23H40N7O6PSi. The molecule has 2 N–H and O–H groups in total. The van der Waals surface area contributed by atoms with Gasteiger partial charge in [0.15, 0.2) is 20.2 Å². The van der Waals surface area contributed by atoms with Crippen LogP contribution in [0.1, 0.15) is 33.9 Å². The first-order valence-electron chi connectivity index (χ1n) is 12.4. The normalized spacial score (nSPS) is 24.2. The monoisotopic (exact) mass is 569 g/mol. The van der Waals surface area contributed by atoms with Crippen LogP contribution in [0.3, 0.4) is 0 Å². The molecule has 1 fully saturated rings. The lowest BCUT2D eigenvalue weighted by Crippen LogP contribution is -2.48. The Bertz CT molecular complexity index is 1200. The van der Waals surface area contributed by atoms with Crippen LogP contribution in [-0.4, -0.2) is 99.3 Å². The second kappa shape index (κ2) is 11.5. The maximum absolute atomic E-state index is 12.7. The van der Waals surface area contributed by atoms with Crippen LogP contribution in [-0.2, 0) is 18.3 Å². The van der Waals surface area contributed by atoms with E-state index in [1.165, 1.54) is 6.20 Å². The van der Waals surface area contributed by atoms with Crippen molar-refractivity contribution in [2.24, 2.45) is 4.99 Å². The maximum Gasteiger partial charge on any atom is 0.432 e. The molecule has 0 radical (unpaired) electrons. The van der Waals surface area contributed by atoms with Crippen LogP contribution in [0.25, 0.3) is 11.2 Å². The number of imidazole rings is 1. The summed E-state index contributed by atoms with van der Waals surface area (Å²) in [5.41, 5.74) is 0.965. The third-order valence-electron chi connectivity index (χ3n) is 6.80. The predicted molar refractivity (Wildman–Crippen MR) is 148 cm³/mol. The highest BCUT2D eigenvalue weighted by Gasteiger charge is 2.51. The summed E-state index contributed by atoms with van der Waals surface area (Å²) < 4.78 is 33.7. The Morgan fingerprint density at radius 3 is 2.61 bits per heavy atom. The molecule has 0 aliphatic carbocycles. The van der Waals surface area contributed by atoms with Crippen LogP contribution in [0.2, 0.25) is 18.1 Å². The van der Waals surface area contributed by atoms with Crippen molar-refractivity contribution in [3.05, 3.63) is 25.3 Å². The van der Waals surface area contributed by atoms with Gasteiger partial charge < -0.3 is 24.1 Å². The second-order valence-corrected chi connectivity index (χ2v) is 17.4. The smallest absolute Gasteiger partial charge is 0.407 e. The highest BCUT2D eigenvalue weighted by atomic mass is 31.2. The number of aliphatic imine (C=N–C) groups is 1. The number of aromatic nitrogens is 4. The molecule has 3 heterocycles. The van der Waals surface area contributed by atoms with Gasteiger partial charge in [0, 0.05) is 26.8 Å². The van der Waals surface area contributed by atoms with E-state index in [-0.39, 0.29) is 24.1 Å². The van der Waals surface area contributed by atoms with Crippen LogP contribution in [0.4, 0.5) is 5.95 Å². The number of aliphatic hydroxyl groups excluding tert-OH is 1. The van der Waals surface area contributed by atoms with Crippen LogP contribution in [0.15, 0.2) is 30.3 Å². The van der Waals surface area contributed by atoms with Gasteiger partial charge in [-0.2, -0.15) is 4.98 Å². The van der Waals surface area contributed by atoms with Crippen molar-refractivity contribution in [2.75, 3.05) is 27.2 Å². The van der Waals surface area contributed by atoms with E-state index >= 15 is 0 Å². The SMILES string of the molecule is C=CN(CC)P(=O)(O)OC[C@H]1O[C@@H](n2cnc3cnc(N=CN(C)C)nc32)[C@H](O[Si](C)(C)C(C)(C)C)[C@@H]1O. The summed E-state index contributed by atoms with van der Waals surface area (Å²) in [5, 5.41) is 11.2. The van der Waals surface area contributed by atoms with Crippen LogP contribution in [0.5, 0.6) is 0 Å². The zero-order valence-electron chi connectivity index (χ0n) is 23.3. The Morgan fingerprint density at radius 2 is 2.03 bits per heavy atom. The number of aliphatic hydroxyl groups is 1. The van der Waals surface area contributed by atoms with Crippen molar-refractivity contribution in [1.29, 1.82) is 0 Å². The van der Waals surface area contributed by atoms with Gasteiger partial charge in [-0.3, -0.25) is 13.8 Å². The van der Waals surface area contributed by atoms with Crippen molar-refractivity contribution < 1.29 is 28.3 Å². The predicted octanol–water partition coefficient (Wildman–Crippen LogP) is 3.28. The minimum absolute atomic E-state index is 0.147. The lowest BCUT2D eigenvalue weighted by molar-refractivity contribution is -0.0480. The number of ether oxygens (including phenoxy) is 1. The molecule has 0 bridgehead atoms. The standard InChI is InChI=1S/C23H40N7O6PSi/c1-10-29(11-2)37(32,33)34-13-17-18(31)19(36-38(8,9)23(3,4)5)21(35-17)30-15-25-16-12-24-22(27-20(16)30)26-14-28(6)7/h10,12,14-15,17-19,21,31H,1,11,13H2,2-9H3,(H,32,33)/t17-,18-,19-,21-/m1/s1. The first-order valence-corrected chi connectivity index (χ1v) is 16.8. The number of hydrogen-bond acceptors (Lipinski definition) is 9. The molecule has 0 spiro atoms. The highest BCUT2D eigenvalue weighted by Crippen LogP contribution is 2.48. The van der Waals surface area contributed by atoms with Crippen molar-refractivity contribution in [1.82, 2.24) is 29.1 Å². The molecule has 2 aromatic heterocycles. The minimum Gasteiger partial charge on any atom is -0.407 e. The third kappa shape index (κ3) is 6.50. The van der Waals surface area contributed by atoms with E-state index < -0.39 is 40.6 Å². The Hall–Kier alpha value is -2.19. The third-order valence-corrected chi connectivity index (χ3v) is 12.9. The van der Waals surface area contributed by atoms with Gasteiger partial charge in [-0.05, 0) is 25.1 Å². The topological polar surface area (TPSA) is 148 Å². The van der Waals surface area contributed by atoms with Gasteiger partial charge in [0.05, 0.1) is 25.5 Å². The largest absolute Gasteiger partial charge is 0.432 e. The van der Waals surface area contributed by atoms with Gasteiger partial charge in [-0.15, -0.1) is 0 Å². The van der Waals surface area contributed by atoms with E-state index in [1.807, 2.05) is 14.1 Å². The molecule has 5 atom stereocenters. The average Bonchev–Trinajstić information content (AvgIpc) is 3.36. The maximum atomic E-state index is 12.7. The summed E-state index contributed by atoms with van der Waals surface area (Å²) in [4.78, 5) is 29.6. The van der Waals surface area contributed by atoms with Gasteiger partial charge in [-0.25, -0.2) is 19.5 Å². The molecule has 1 aliphatic rings. The summed E-state index contributed by atoms with van der Waals surface area (Å²) >= 11 is 0. The first-order chi connectivity index (χ1) is 17.6. The highest BCUT2D eigenvalue weighted by molar-refractivity contribution is 7.50. The molecule has 0 amide bonds. The molecule has 212 valence electrons. The Labute approximate surface area is 224 Å². The van der Waals surface area contributed by atoms with Gasteiger partial charge in [0.2, 0.25) is 0 Å². The summed E-state index contributed by atoms with van der Waals surface area (Å²) in [7, 11) is -2.89. The molecule has 1 aliphatic heterocycles. The van der Waals surface area contributed by atoms with Crippen LogP contribution >= 0.6 is 7.75 Å². The molecule has 1 saturated heterocycles. The van der Waals surface area contributed by atoms with Crippen LogP contribution in [0, 0.1) is 0 Å². The zero-order valence-corrected chi connectivity index (χ0v) is 25.2. The average molecular weight is 570 g/mol. The Balaban J connectivity index is 1.98. The van der Waals surface area contributed by atoms with Crippen molar-refractivity contribution >= 4 is 39.5 Å². The van der Waals surface area contributed by atoms with Crippen LogP contribution < -0.4 is 0 Å². The molecule has 13 nitrogen and oxygen atoms in total. The summed E-state index contributed by atoms with van der Waals surface area (Å²) in [6, 6.07) is 0. The summed E-state index contributed by atoms with van der Waals surface area (Å²) in [6.45, 7) is 15.6. The Kier molecular flexibility index (Phi) is 9.19. The van der Waals surface area contributed by atoms with Crippen molar-refractivity contribution in [3.8, 4) is 0 Å². The molecule has 38 heavy (non-hydrogen) atoms. The molecule has 15 heteroatoms. The van der Waals surface area contributed by atoms with E-state index in [0.29, 0.717) is 11.2 Å². The van der Waals surface area contributed by atoms with E-state index in [9.17, 15) is 14.6 Å². The fourth-order valence-corrected chi connectivity index (χ4v) is 5.96. The second-order valence-electron chi connectivity index (χ2n) is 10.9. The first kappa shape index (κ1) is 30.3. The van der Waals surface area contributed by atoms with Crippen molar-refractivity contribution in [2.45, 2.75) is 70.4 Å². The summed E-state index contributed by atoms with van der Waals surface area (Å²) in [5.74, 6) is 0.235. The van der Waals surface area contributed by atoms with E-state index in [0.717, 1.165) is 4.67 Å². The van der Waals surface area contributed by atoms with Gasteiger partial charge in [0.1, 0.15) is 23.8 Å². The number of rotatable bonds is 11. The molecular weight excluding hydrogens is 529 g/mol. The molecule has 3 rings (SSSR count). The van der Waals surface area contributed by atoms with Gasteiger partial charge in [0.25, 0.3) is 5.95 Å². The lowest BCUT2D eigenvalue weighted by Gasteiger charge is -2.40. The molecule has 1 unspecified atom stereocenters. The fraction of sp³-hybridized carbons (Fsp3) is 0.652. The number of hydrogen-bond donors (Lipinski definition) is 2. The summed E-state index contributed by atoms with van der Waals surface area (Å²) in [6.07, 6.45) is 2.19. The quantitative estimate of drug-likeness (QED) is 0.178. The number of nitrogens with zero attached hydrogens (tertiary/aromatic N) is 7. The molecule has 0 aromatic carbocycles. The van der Waals surface area contributed by atoms with Gasteiger partial charge in [-0.1, -0.05) is 27.4 Å². The molecule has 2 aromatic rings. The minimum atomic E-state index is -4.18. The zero-order chi connectivity index (χ0) is 28.5.